The Labute approximate surface area is 197 Å². The Morgan fingerprint density at radius 1 is 0.788 bits per heavy atom. The number of rotatable bonds is 6. The quantitative estimate of drug-likeness (QED) is 0.412. The molecule has 1 saturated heterocycles. The van der Waals surface area contributed by atoms with Gasteiger partial charge in [-0.15, -0.1) is 10.2 Å². The van der Waals surface area contributed by atoms with Crippen LogP contribution in [-0.2, 0) is 4.79 Å². The molecule has 3 heterocycles. The molecule has 2 aromatic carbocycles. The van der Waals surface area contributed by atoms with Gasteiger partial charge in [-0.3, -0.25) is 14.3 Å². The summed E-state index contributed by atoms with van der Waals surface area (Å²) in [4.78, 5) is 21.3. The molecule has 0 aliphatic carbocycles. The first-order valence-corrected chi connectivity index (χ1v) is 11.9. The van der Waals surface area contributed by atoms with Crippen molar-refractivity contribution < 1.29 is 4.79 Å². The average Bonchev–Trinajstić information content (AvgIpc) is 3.33. The lowest BCUT2D eigenvalue weighted by Crippen LogP contribution is -2.49. The number of hydrogen-bond donors (Lipinski definition) is 0. The minimum absolute atomic E-state index is 0.123. The number of pyridine rings is 1. The molecule has 0 saturated carbocycles. The third kappa shape index (κ3) is 4.75. The molecule has 0 radical (unpaired) electrons. The second kappa shape index (κ2) is 9.87. The molecule has 7 nitrogen and oxygen atoms in total. The van der Waals surface area contributed by atoms with Crippen LogP contribution in [0, 0.1) is 0 Å². The second-order valence-corrected chi connectivity index (χ2v) is 8.65. The van der Waals surface area contributed by atoms with Gasteiger partial charge in [0, 0.05) is 55.5 Å². The van der Waals surface area contributed by atoms with Gasteiger partial charge in [0.25, 0.3) is 0 Å². The van der Waals surface area contributed by atoms with Crippen molar-refractivity contribution in [2.75, 3.05) is 36.8 Å². The lowest BCUT2D eigenvalue weighted by molar-refractivity contribution is -0.128. The third-order valence-electron chi connectivity index (χ3n) is 5.66. The largest absolute Gasteiger partial charge is 0.368 e. The van der Waals surface area contributed by atoms with Gasteiger partial charge in [-0.1, -0.05) is 60.3 Å². The van der Waals surface area contributed by atoms with Gasteiger partial charge < -0.3 is 9.80 Å². The Balaban J connectivity index is 1.28. The highest BCUT2D eigenvalue weighted by molar-refractivity contribution is 7.99. The van der Waals surface area contributed by atoms with E-state index in [1.165, 1.54) is 11.8 Å². The molecule has 2 aromatic heterocycles. The maximum atomic E-state index is 13.0. The average molecular weight is 457 g/mol. The maximum Gasteiger partial charge on any atom is 0.233 e. The van der Waals surface area contributed by atoms with E-state index in [-0.39, 0.29) is 5.91 Å². The van der Waals surface area contributed by atoms with Crippen LogP contribution >= 0.6 is 11.8 Å². The monoisotopic (exact) mass is 456 g/mol. The lowest BCUT2D eigenvalue weighted by atomic mass is 10.2. The first-order valence-electron chi connectivity index (χ1n) is 10.9. The molecule has 0 N–H and O–H groups in total. The molecule has 0 atom stereocenters. The van der Waals surface area contributed by atoms with Crippen molar-refractivity contribution in [3.63, 3.8) is 0 Å². The highest BCUT2D eigenvalue weighted by atomic mass is 32.2. The molecule has 1 aliphatic heterocycles. The van der Waals surface area contributed by atoms with E-state index in [1.54, 1.807) is 12.4 Å². The molecule has 0 unspecified atom stereocenters. The molecule has 0 bridgehead atoms. The van der Waals surface area contributed by atoms with Crippen molar-refractivity contribution >= 4 is 23.4 Å². The highest BCUT2D eigenvalue weighted by Gasteiger charge is 2.23. The number of amides is 1. The Morgan fingerprint density at radius 3 is 2.15 bits per heavy atom. The van der Waals surface area contributed by atoms with Gasteiger partial charge in [-0.25, -0.2) is 0 Å². The van der Waals surface area contributed by atoms with E-state index in [9.17, 15) is 4.79 Å². The number of para-hydroxylation sites is 1. The predicted octanol–water partition coefficient (Wildman–Crippen LogP) is 3.77. The zero-order chi connectivity index (χ0) is 22.5. The zero-order valence-electron chi connectivity index (χ0n) is 18.1. The van der Waals surface area contributed by atoms with Crippen LogP contribution in [0.1, 0.15) is 0 Å². The van der Waals surface area contributed by atoms with Gasteiger partial charge in [0.2, 0.25) is 5.91 Å². The summed E-state index contributed by atoms with van der Waals surface area (Å²) in [5, 5.41) is 9.59. The van der Waals surface area contributed by atoms with Gasteiger partial charge in [0.05, 0.1) is 5.75 Å². The summed E-state index contributed by atoms with van der Waals surface area (Å²) in [6, 6.07) is 24.0. The van der Waals surface area contributed by atoms with Gasteiger partial charge in [0.15, 0.2) is 11.0 Å². The van der Waals surface area contributed by atoms with Crippen LogP contribution in [0.2, 0.25) is 0 Å². The lowest BCUT2D eigenvalue weighted by Gasteiger charge is -2.36. The van der Waals surface area contributed by atoms with Crippen LogP contribution in [0.25, 0.3) is 17.1 Å². The molecule has 166 valence electrons. The normalized spacial score (nSPS) is 13.8. The number of hydrogen-bond acceptors (Lipinski definition) is 6. The fraction of sp³-hybridized carbons (Fsp3) is 0.200. The van der Waals surface area contributed by atoms with Crippen LogP contribution in [-0.4, -0.2) is 62.5 Å². The number of nitrogens with zero attached hydrogens (tertiary/aromatic N) is 6. The molecular formula is C25H24N6OS. The highest BCUT2D eigenvalue weighted by Crippen LogP contribution is 2.28. The van der Waals surface area contributed by atoms with E-state index >= 15 is 0 Å². The first-order chi connectivity index (χ1) is 16.3. The Bertz CT molecular complexity index is 1190. The summed E-state index contributed by atoms with van der Waals surface area (Å²) in [7, 11) is 0. The van der Waals surface area contributed by atoms with Crippen LogP contribution in [0.4, 0.5) is 5.69 Å². The molecule has 0 spiro atoms. The van der Waals surface area contributed by atoms with Crippen LogP contribution in [0.3, 0.4) is 0 Å². The molecule has 1 aliphatic rings. The van der Waals surface area contributed by atoms with Crippen LogP contribution < -0.4 is 4.90 Å². The Hall–Kier alpha value is -3.65. The molecule has 1 amide bonds. The summed E-state index contributed by atoms with van der Waals surface area (Å²) in [5.41, 5.74) is 3.11. The number of anilines is 1. The van der Waals surface area contributed by atoms with Gasteiger partial charge in [0.1, 0.15) is 0 Å². The minimum atomic E-state index is 0.123. The molecule has 8 heteroatoms. The van der Waals surface area contributed by atoms with E-state index in [0.717, 1.165) is 35.9 Å². The molecular weight excluding hydrogens is 432 g/mol. The smallest absolute Gasteiger partial charge is 0.233 e. The third-order valence-corrected chi connectivity index (χ3v) is 6.58. The maximum absolute atomic E-state index is 13.0. The van der Waals surface area contributed by atoms with E-state index in [2.05, 4.69) is 20.1 Å². The van der Waals surface area contributed by atoms with Crippen molar-refractivity contribution in [3.05, 3.63) is 85.2 Å². The van der Waals surface area contributed by atoms with Crippen molar-refractivity contribution in [3.8, 4) is 17.1 Å². The number of carbonyl (C=O) groups is 1. The van der Waals surface area contributed by atoms with Crippen LogP contribution in [0.15, 0.2) is 90.3 Å². The fourth-order valence-corrected chi connectivity index (χ4v) is 4.79. The summed E-state index contributed by atoms with van der Waals surface area (Å²) in [6.45, 7) is 3.06. The van der Waals surface area contributed by atoms with E-state index in [1.807, 2.05) is 82.3 Å². The topological polar surface area (TPSA) is 67.2 Å². The molecule has 1 fully saturated rings. The van der Waals surface area contributed by atoms with Crippen LogP contribution in [0.5, 0.6) is 0 Å². The number of aromatic nitrogens is 4. The summed E-state index contributed by atoms with van der Waals surface area (Å²) < 4.78 is 2.02. The Morgan fingerprint density at radius 2 is 1.45 bits per heavy atom. The zero-order valence-corrected chi connectivity index (χ0v) is 18.9. The van der Waals surface area contributed by atoms with Crippen molar-refractivity contribution in [2.45, 2.75) is 5.16 Å². The van der Waals surface area contributed by atoms with E-state index in [4.69, 9.17) is 0 Å². The number of benzene rings is 2. The van der Waals surface area contributed by atoms with E-state index < -0.39 is 0 Å². The number of carbonyl (C=O) groups excluding carboxylic acids is 1. The predicted molar refractivity (Wildman–Crippen MR) is 131 cm³/mol. The summed E-state index contributed by atoms with van der Waals surface area (Å²) in [6.07, 6.45) is 3.60. The van der Waals surface area contributed by atoms with Crippen molar-refractivity contribution in [1.82, 2.24) is 24.6 Å². The summed E-state index contributed by atoms with van der Waals surface area (Å²) >= 11 is 1.43. The minimum Gasteiger partial charge on any atom is -0.368 e. The van der Waals surface area contributed by atoms with Gasteiger partial charge in [-0.2, -0.15) is 0 Å². The Kier molecular flexibility index (Phi) is 6.34. The standard InChI is InChI=1S/C25H24N6OS/c32-23(30-17-15-29(16-18-30)21-11-13-26-14-12-21)19-33-25-28-27-24(20-7-3-1-4-8-20)31(25)22-9-5-2-6-10-22/h1-14H,15-19H2. The SMILES string of the molecule is O=C(CSc1nnc(-c2ccccc2)n1-c1ccccc1)N1CCN(c2ccncc2)CC1. The molecule has 4 aromatic rings. The van der Waals surface area contributed by atoms with Gasteiger partial charge in [-0.05, 0) is 24.3 Å². The number of piperazine rings is 1. The first kappa shape index (κ1) is 21.2. The number of thioether (sulfide) groups is 1. The molecule has 5 rings (SSSR count). The van der Waals surface area contributed by atoms with E-state index in [0.29, 0.717) is 24.0 Å². The summed E-state index contributed by atoms with van der Waals surface area (Å²) in [5.74, 6) is 1.22. The van der Waals surface area contributed by atoms with Gasteiger partial charge >= 0.3 is 0 Å². The van der Waals surface area contributed by atoms with Crippen molar-refractivity contribution in [1.29, 1.82) is 0 Å². The van der Waals surface area contributed by atoms with Crippen molar-refractivity contribution in [2.24, 2.45) is 0 Å². The molecule has 33 heavy (non-hydrogen) atoms. The fourth-order valence-electron chi connectivity index (χ4n) is 3.93. The second-order valence-electron chi connectivity index (χ2n) is 7.71.